The van der Waals surface area contributed by atoms with Crippen molar-refractivity contribution in [3.8, 4) is 0 Å². The van der Waals surface area contributed by atoms with Crippen LogP contribution in [0.4, 0.5) is 0 Å². The molecule has 0 saturated carbocycles. The first kappa shape index (κ1) is 16.9. The molecule has 0 aliphatic rings. The molecule has 108 valence electrons. The molecule has 1 aromatic rings. The predicted molar refractivity (Wildman–Crippen MR) is 88.2 cm³/mol. The molecule has 0 spiro atoms. The third-order valence-corrected chi connectivity index (χ3v) is 4.44. The lowest BCUT2D eigenvalue weighted by atomic mass is 10.1. The molecule has 0 fully saturated rings. The van der Waals surface area contributed by atoms with Crippen LogP contribution in [0.25, 0.3) is 0 Å². The molecule has 0 radical (unpaired) electrons. The molecule has 0 amide bonds. The lowest BCUT2D eigenvalue weighted by molar-refractivity contribution is 0.422. The van der Waals surface area contributed by atoms with Crippen molar-refractivity contribution in [3.63, 3.8) is 0 Å². The zero-order chi connectivity index (χ0) is 14.5. The van der Waals surface area contributed by atoms with Crippen LogP contribution in [0.5, 0.6) is 0 Å². The minimum Gasteiger partial charge on any atom is -0.308 e. The molecule has 1 N–H and O–H groups in total. The second kappa shape index (κ2) is 7.56. The van der Waals surface area contributed by atoms with Gasteiger partial charge in [0.05, 0.1) is 5.02 Å². The molecule has 0 heterocycles. The van der Waals surface area contributed by atoms with Crippen molar-refractivity contribution in [2.45, 2.75) is 58.0 Å². The number of hydrogen-bond acceptors (Lipinski definition) is 2. The SMILES string of the molecule is CC(C)CCSc1c(Cl)cccc1CNC(C)(C)C. The summed E-state index contributed by atoms with van der Waals surface area (Å²) in [4.78, 5) is 1.24. The molecule has 0 bridgehead atoms. The minimum atomic E-state index is 0.127. The normalized spacial score (nSPS) is 12.2. The second-order valence-corrected chi connectivity index (χ2v) is 7.87. The van der Waals surface area contributed by atoms with E-state index in [0.29, 0.717) is 0 Å². The van der Waals surface area contributed by atoms with E-state index in [0.717, 1.165) is 23.2 Å². The number of rotatable bonds is 6. The van der Waals surface area contributed by atoms with Crippen LogP contribution >= 0.6 is 23.4 Å². The number of nitrogens with one attached hydrogen (secondary N) is 1. The van der Waals surface area contributed by atoms with E-state index >= 15 is 0 Å². The molecule has 19 heavy (non-hydrogen) atoms. The Labute approximate surface area is 127 Å². The summed E-state index contributed by atoms with van der Waals surface area (Å²) in [5.41, 5.74) is 1.43. The third kappa shape index (κ3) is 6.69. The summed E-state index contributed by atoms with van der Waals surface area (Å²) in [6.45, 7) is 11.9. The quantitative estimate of drug-likeness (QED) is 0.709. The highest BCUT2D eigenvalue weighted by Crippen LogP contribution is 2.32. The lowest BCUT2D eigenvalue weighted by Gasteiger charge is -2.22. The van der Waals surface area contributed by atoms with Crippen LogP contribution in [0.1, 0.15) is 46.6 Å². The Morgan fingerprint density at radius 2 is 1.95 bits per heavy atom. The van der Waals surface area contributed by atoms with Crippen LogP contribution in [-0.2, 0) is 6.54 Å². The van der Waals surface area contributed by atoms with E-state index in [2.05, 4.69) is 46.0 Å². The Balaban J connectivity index is 2.71. The fourth-order valence-electron chi connectivity index (χ4n) is 1.61. The third-order valence-electron chi connectivity index (χ3n) is 2.80. The maximum Gasteiger partial charge on any atom is 0.0545 e. The van der Waals surface area contributed by atoms with Gasteiger partial charge in [-0.2, -0.15) is 0 Å². The summed E-state index contributed by atoms with van der Waals surface area (Å²) >= 11 is 8.23. The Morgan fingerprint density at radius 3 is 2.53 bits per heavy atom. The largest absolute Gasteiger partial charge is 0.308 e. The Kier molecular flexibility index (Phi) is 6.72. The number of hydrogen-bond donors (Lipinski definition) is 1. The summed E-state index contributed by atoms with van der Waals surface area (Å²) in [7, 11) is 0. The van der Waals surface area contributed by atoms with Gasteiger partial charge in [-0.3, -0.25) is 0 Å². The number of thioether (sulfide) groups is 1. The van der Waals surface area contributed by atoms with Gasteiger partial charge in [0.2, 0.25) is 0 Å². The molecule has 0 saturated heterocycles. The fourth-order valence-corrected chi connectivity index (χ4v) is 3.29. The van der Waals surface area contributed by atoms with Crippen LogP contribution in [0.2, 0.25) is 5.02 Å². The average Bonchev–Trinajstić information content (AvgIpc) is 2.27. The lowest BCUT2D eigenvalue weighted by Crippen LogP contribution is -2.35. The first-order valence-corrected chi connectivity index (χ1v) is 8.31. The van der Waals surface area contributed by atoms with Gasteiger partial charge < -0.3 is 5.32 Å². The van der Waals surface area contributed by atoms with Gasteiger partial charge >= 0.3 is 0 Å². The van der Waals surface area contributed by atoms with Crippen molar-refractivity contribution in [1.29, 1.82) is 0 Å². The Bertz CT molecular complexity index is 396. The summed E-state index contributed by atoms with van der Waals surface area (Å²) < 4.78 is 0. The van der Waals surface area contributed by atoms with E-state index in [9.17, 15) is 0 Å². The molecule has 0 atom stereocenters. The molecule has 0 aliphatic heterocycles. The van der Waals surface area contributed by atoms with Gasteiger partial charge in [-0.1, -0.05) is 37.6 Å². The molecule has 3 heteroatoms. The van der Waals surface area contributed by atoms with Crippen LogP contribution in [0, 0.1) is 5.92 Å². The van der Waals surface area contributed by atoms with Gasteiger partial charge in [0.25, 0.3) is 0 Å². The minimum absolute atomic E-state index is 0.127. The molecule has 1 rings (SSSR count). The standard InChI is InChI=1S/C16H26ClNS/c1-12(2)9-10-19-15-13(7-6-8-14(15)17)11-18-16(3,4)5/h6-8,12,18H,9-11H2,1-5H3. The summed E-state index contributed by atoms with van der Waals surface area (Å²) in [6.07, 6.45) is 1.22. The molecule has 0 aromatic heterocycles. The second-order valence-electron chi connectivity index (χ2n) is 6.36. The van der Waals surface area contributed by atoms with Crippen LogP contribution in [0.15, 0.2) is 23.1 Å². The van der Waals surface area contributed by atoms with Crippen molar-refractivity contribution < 1.29 is 0 Å². The molecule has 0 unspecified atom stereocenters. The van der Waals surface area contributed by atoms with E-state index in [1.807, 2.05) is 23.9 Å². The van der Waals surface area contributed by atoms with Gasteiger partial charge in [-0.15, -0.1) is 11.8 Å². The van der Waals surface area contributed by atoms with Crippen LogP contribution in [-0.4, -0.2) is 11.3 Å². The van der Waals surface area contributed by atoms with E-state index in [4.69, 9.17) is 11.6 Å². The highest BCUT2D eigenvalue weighted by molar-refractivity contribution is 7.99. The average molecular weight is 300 g/mol. The van der Waals surface area contributed by atoms with Crippen molar-refractivity contribution in [2.24, 2.45) is 5.92 Å². The summed E-state index contributed by atoms with van der Waals surface area (Å²) in [5.74, 6) is 1.87. The molecule has 1 aromatic carbocycles. The Hall–Kier alpha value is -0.180. The van der Waals surface area contributed by atoms with Gasteiger partial charge in [-0.25, -0.2) is 0 Å². The zero-order valence-electron chi connectivity index (χ0n) is 12.7. The van der Waals surface area contributed by atoms with Crippen molar-refractivity contribution in [1.82, 2.24) is 5.32 Å². The highest BCUT2D eigenvalue weighted by atomic mass is 35.5. The smallest absolute Gasteiger partial charge is 0.0545 e. The number of benzene rings is 1. The van der Waals surface area contributed by atoms with Crippen molar-refractivity contribution in [3.05, 3.63) is 28.8 Å². The van der Waals surface area contributed by atoms with Crippen molar-refractivity contribution in [2.75, 3.05) is 5.75 Å². The van der Waals surface area contributed by atoms with E-state index < -0.39 is 0 Å². The maximum atomic E-state index is 6.35. The zero-order valence-corrected chi connectivity index (χ0v) is 14.3. The number of halogens is 1. The molecular formula is C16H26ClNS. The molecule has 0 aliphatic carbocycles. The van der Waals surface area contributed by atoms with Gasteiger partial charge in [0, 0.05) is 17.0 Å². The molecular weight excluding hydrogens is 274 g/mol. The van der Waals surface area contributed by atoms with E-state index in [-0.39, 0.29) is 5.54 Å². The fraction of sp³-hybridized carbons (Fsp3) is 0.625. The Morgan fingerprint density at radius 1 is 1.26 bits per heavy atom. The van der Waals surface area contributed by atoms with Gasteiger partial charge in [-0.05, 0) is 50.5 Å². The summed E-state index contributed by atoms with van der Waals surface area (Å²) in [6, 6.07) is 6.19. The first-order chi connectivity index (χ1) is 8.79. The van der Waals surface area contributed by atoms with Crippen LogP contribution in [0.3, 0.4) is 0 Å². The summed E-state index contributed by atoms with van der Waals surface area (Å²) in [5, 5.41) is 4.41. The topological polar surface area (TPSA) is 12.0 Å². The monoisotopic (exact) mass is 299 g/mol. The molecule has 1 nitrogen and oxygen atoms in total. The van der Waals surface area contributed by atoms with Gasteiger partial charge in [0.1, 0.15) is 0 Å². The highest BCUT2D eigenvalue weighted by Gasteiger charge is 2.12. The van der Waals surface area contributed by atoms with Gasteiger partial charge in [0.15, 0.2) is 0 Å². The first-order valence-electron chi connectivity index (χ1n) is 6.95. The van der Waals surface area contributed by atoms with Crippen molar-refractivity contribution >= 4 is 23.4 Å². The van der Waals surface area contributed by atoms with E-state index in [1.54, 1.807) is 0 Å². The predicted octanol–water partition coefficient (Wildman–Crippen LogP) is 5.37. The maximum absolute atomic E-state index is 6.35. The van der Waals surface area contributed by atoms with E-state index in [1.165, 1.54) is 16.9 Å². The van der Waals surface area contributed by atoms with Crippen LogP contribution < -0.4 is 5.32 Å².